The average molecular weight is 277 g/mol. The first-order chi connectivity index (χ1) is 9.49. The highest BCUT2D eigenvalue weighted by Crippen LogP contribution is 2.20. The van der Waals surface area contributed by atoms with Crippen molar-refractivity contribution in [2.75, 3.05) is 19.7 Å². The Kier molecular flexibility index (Phi) is 7.86. The number of ether oxygens (including phenoxy) is 1. The molecule has 1 unspecified atom stereocenters. The molecule has 1 atom stereocenters. The molecule has 20 heavy (non-hydrogen) atoms. The van der Waals surface area contributed by atoms with Gasteiger partial charge in [-0.2, -0.15) is 0 Å². The minimum atomic E-state index is 0.316. The molecule has 114 valence electrons. The van der Waals surface area contributed by atoms with Gasteiger partial charge in [0.05, 0.1) is 6.10 Å². The first-order valence-corrected chi connectivity index (χ1v) is 7.88. The second-order valence-corrected chi connectivity index (χ2v) is 6.37. The molecule has 0 aromatic heterocycles. The van der Waals surface area contributed by atoms with Crippen LogP contribution >= 0.6 is 0 Å². The first-order valence-electron chi connectivity index (χ1n) is 7.88. The fraction of sp³-hybridized carbons (Fsp3) is 0.667. The predicted octanol–water partition coefficient (Wildman–Crippen LogP) is 4.14. The van der Waals surface area contributed by atoms with Crippen molar-refractivity contribution in [3.05, 3.63) is 35.4 Å². The Labute approximate surface area is 124 Å². The number of nitrogens with one attached hydrogen (secondary N) is 1. The molecule has 0 bridgehead atoms. The summed E-state index contributed by atoms with van der Waals surface area (Å²) in [7, 11) is 0. The van der Waals surface area contributed by atoms with Crippen LogP contribution in [0.5, 0.6) is 0 Å². The molecular weight excluding hydrogens is 246 g/mol. The van der Waals surface area contributed by atoms with Crippen LogP contribution in [0.1, 0.15) is 51.2 Å². The molecular formula is C18H31NO. The summed E-state index contributed by atoms with van der Waals surface area (Å²) in [6.07, 6.45) is 1.39. The number of aryl methyl sites for hydroxylation is 1. The van der Waals surface area contributed by atoms with Gasteiger partial charge in [0.15, 0.2) is 0 Å². The summed E-state index contributed by atoms with van der Waals surface area (Å²) in [5, 5.41) is 3.59. The smallest absolute Gasteiger partial charge is 0.0518 e. The van der Waals surface area contributed by atoms with E-state index >= 15 is 0 Å². The first kappa shape index (κ1) is 17.2. The average Bonchev–Trinajstić information content (AvgIpc) is 2.36. The van der Waals surface area contributed by atoms with E-state index in [1.54, 1.807) is 0 Å². The summed E-state index contributed by atoms with van der Waals surface area (Å²) in [6, 6.07) is 8.86. The van der Waals surface area contributed by atoms with E-state index in [9.17, 15) is 0 Å². The van der Waals surface area contributed by atoms with E-state index in [0.717, 1.165) is 26.1 Å². The minimum Gasteiger partial charge on any atom is -0.379 e. The van der Waals surface area contributed by atoms with Gasteiger partial charge in [-0.05, 0) is 51.1 Å². The van der Waals surface area contributed by atoms with E-state index in [1.807, 2.05) is 0 Å². The van der Waals surface area contributed by atoms with Gasteiger partial charge in [0.1, 0.15) is 0 Å². The molecule has 0 spiro atoms. The van der Waals surface area contributed by atoms with Crippen molar-refractivity contribution in [2.45, 2.75) is 53.1 Å². The lowest BCUT2D eigenvalue weighted by Gasteiger charge is -2.20. The quantitative estimate of drug-likeness (QED) is 0.732. The summed E-state index contributed by atoms with van der Waals surface area (Å²) in [6.45, 7) is 13.8. The molecule has 1 rings (SSSR count). The largest absolute Gasteiger partial charge is 0.379 e. The van der Waals surface area contributed by atoms with E-state index in [4.69, 9.17) is 4.74 Å². The monoisotopic (exact) mass is 277 g/mol. The number of hydrogen-bond donors (Lipinski definition) is 1. The molecule has 1 N–H and O–H groups in total. The van der Waals surface area contributed by atoms with Crippen LogP contribution in [0.15, 0.2) is 24.3 Å². The fourth-order valence-electron chi connectivity index (χ4n) is 2.30. The summed E-state index contributed by atoms with van der Waals surface area (Å²) < 4.78 is 5.72. The van der Waals surface area contributed by atoms with Crippen LogP contribution in [-0.4, -0.2) is 25.8 Å². The van der Waals surface area contributed by atoms with Crippen molar-refractivity contribution < 1.29 is 4.74 Å². The summed E-state index contributed by atoms with van der Waals surface area (Å²) in [4.78, 5) is 0. The minimum absolute atomic E-state index is 0.316. The molecule has 0 radical (unpaired) electrons. The van der Waals surface area contributed by atoms with Crippen LogP contribution in [-0.2, 0) is 4.74 Å². The lowest BCUT2D eigenvalue weighted by atomic mass is 9.94. The second-order valence-electron chi connectivity index (χ2n) is 6.37. The molecule has 0 amide bonds. The van der Waals surface area contributed by atoms with Gasteiger partial charge in [0.2, 0.25) is 0 Å². The van der Waals surface area contributed by atoms with Gasteiger partial charge in [0, 0.05) is 13.2 Å². The van der Waals surface area contributed by atoms with Crippen molar-refractivity contribution in [1.29, 1.82) is 0 Å². The van der Waals surface area contributed by atoms with Gasteiger partial charge >= 0.3 is 0 Å². The van der Waals surface area contributed by atoms with Gasteiger partial charge in [-0.15, -0.1) is 0 Å². The van der Waals surface area contributed by atoms with Crippen molar-refractivity contribution in [2.24, 2.45) is 5.92 Å². The Morgan fingerprint density at radius 3 is 2.45 bits per heavy atom. The van der Waals surface area contributed by atoms with Crippen molar-refractivity contribution in [1.82, 2.24) is 5.32 Å². The van der Waals surface area contributed by atoms with Gasteiger partial charge in [-0.25, -0.2) is 0 Å². The standard InChI is InChI=1S/C18H31NO/c1-14(2)12-19-13-18(9-10-20-15(3)4)17-8-6-7-16(5)11-17/h6-8,11,14-15,18-19H,9-10,12-13H2,1-5H3. The maximum atomic E-state index is 5.72. The summed E-state index contributed by atoms with van der Waals surface area (Å²) >= 11 is 0. The maximum absolute atomic E-state index is 5.72. The molecule has 0 saturated heterocycles. The highest BCUT2D eigenvalue weighted by molar-refractivity contribution is 5.25. The number of rotatable bonds is 9. The van der Waals surface area contributed by atoms with Crippen LogP contribution in [0, 0.1) is 12.8 Å². The third-order valence-corrected chi connectivity index (χ3v) is 3.37. The van der Waals surface area contributed by atoms with E-state index in [0.29, 0.717) is 17.9 Å². The molecule has 0 saturated carbocycles. The molecule has 2 nitrogen and oxygen atoms in total. The lowest BCUT2D eigenvalue weighted by molar-refractivity contribution is 0.0732. The van der Waals surface area contributed by atoms with Crippen molar-refractivity contribution >= 4 is 0 Å². The zero-order valence-corrected chi connectivity index (χ0v) is 13.8. The van der Waals surface area contributed by atoms with Crippen LogP contribution in [0.2, 0.25) is 0 Å². The van der Waals surface area contributed by atoms with Crippen molar-refractivity contribution in [3.8, 4) is 0 Å². The highest BCUT2D eigenvalue weighted by atomic mass is 16.5. The summed E-state index contributed by atoms with van der Waals surface area (Å²) in [5.74, 6) is 1.23. The Bertz CT molecular complexity index is 359. The number of hydrogen-bond acceptors (Lipinski definition) is 2. The van der Waals surface area contributed by atoms with Crippen LogP contribution in [0.4, 0.5) is 0 Å². The molecule has 1 aromatic carbocycles. The van der Waals surface area contributed by atoms with E-state index in [-0.39, 0.29) is 0 Å². The van der Waals surface area contributed by atoms with E-state index in [1.165, 1.54) is 11.1 Å². The fourth-order valence-corrected chi connectivity index (χ4v) is 2.30. The summed E-state index contributed by atoms with van der Waals surface area (Å²) in [5.41, 5.74) is 2.76. The Morgan fingerprint density at radius 2 is 1.85 bits per heavy atom. The van der Waals surface area contributed by atoms with E-state index < -0.39 is 0 Å². The zero-order valence-electron chi connectivity index (χ0n) is 13.8. The van der Waals surface area contributed by atoms with Crippen LogP contribution in [0.25, 0.3) is 0 Å². The van der Waals surface area contributed by atoms with Crippen LogP contribution in [0.3, 0.4) is 0 Å². The Balaban J connectivity index is 2.58. The second kappa shape index (κ2) is 9.15. The third-order valence-electron chi connectivity index (χ3n) is 3.37. The molecule has 1 aromatic rings. The normalized spacial score (nSPS) is 13.2. The lowest BCUT2D eigenvalue weighted by Crippen LogP contribution is -2.26. The molecule has 0 aliphatic rings. The molecule has 0 aliphatic heterocycles. The third kappa shape index (κ3) is 7.06. The topological polar surface area (TPSA) is 21.3 Å². The Morgan fingerprint density at radius 1 is 1.10 bits per heavy atom. The van der Waals surface area contributed by atoms with Gasteiger partial charge in [-0.3, -0.25) is 0 Å². The molecule has 0 aliphatic carbocycles. The zero-order chi connectivity index (χ0) is 15.0. The molecule has 2 heteroatoms. The van der Waals surface area contributed by atoms with E-state index in [2.05, 4.69) is 64.2 Å². The number of benzene rings is 1. The van der Waals surface area contributed by atoms with Gasteiger partial charge in [-0.1, -0.05) is 43.7 Å². The molecule has 0 heterocycles. The molecule has 0 fully saturated rings. The Hall–Kier alpha value is -0.860. The highest BCUT2D eigenvalue weighted by Gasteiger charge is 2.12. The van der Waals surface area contributed by atoms with Gasteiger partial charge in [0.25, 0.3) is 0 Å². The predicted molar refractivity (Wildman–Crippen MR) is 87.3 cm³/mol. The van der Waals surface area contributed by atoms with Gasteiger partial charge < -0.3 is 10.1 Å². The SMILES string of the molecule is Cc1cccc(C(CCOC(C)C)CNCC(C)C)c1. The maximum Gasteiger partial charge on any atom is 0.0518 e. The van der Waals surface area contributed by atoms with Crippen LogP contribution < -0.4 is 5.32 Å². The van der Waals surface area contributed by atoms with Crippen molar-refractivity contribution in [3.63, 3.8) is 0 Å².